The van der Waals surface area contributed by atoms with Crippen LogP contribution >= 0.6 is 15.9 Å². The van der Waals surface area contributed by atoms with Crippen LogP contribution in [0.3, 0.4) is 0 Å². The number of amides is 1. The maximum Gasteiger partial charge on any atom is 0.229 e. The molecule has 4 heteroatoms. The van der Waals surface area contributed by atoms with Crippen LogP contribution in [0, 0.1) is 0 Å². The molecule has 2 unspecified atom stereocenters. The van der Waals surface area contributed by atoms with E-state index < -0.39 is 0 Å². The molecule has 0 bridgehead atoms. The van der Waals surface area contributed by atoms with Crippen molar-refractivity contribution >= 4 is 21.8 Å². The van der Waals surface area contributed by atoms with Crippen LogP contribution in [0.2, 0.25) is 0 Å². The second kappa shape index (κ2) is 8.33. The second-order valence-corrected chi connectivity index (χ2v) is 5.94. The van der Waals surface area contributed by atoms with E-state index in [0.29, 0.717) is 13.2 Å². The van der Waals surface area contributed by atoms with Crippen molar-refractivity contribution in [3.8, 4) is 0 Å². The Morgan fingerprint density at radius 2 is 2.00 bits per heavy atom. The number of alkyl halides is 1. The van der Waals surface area contributed by atoms with Crippen molar-refractivity contribution in [3.63, 3.8) is 0 Å². The Hall–Kier alpha value is -0.870. The molecule has 0 fully saturated rings. The summed E-state index contributed by atoms with van der Waals surface area (Å²) in [4.78, 5) is 14.4. The molecule has 0 radical (unpaired) electrons. The van der Waals surface area contributed by atoms with Crippen molar-refractivity contribution in [2.45, 2.75) is 24.1 Å². The quantitative estimate of drug-likeness (QED) is 0.720. The highest BCUT2D eigenvalue weighted by Gasteiger charge is 2.23. The van der Waals surface area contributed by atoms with Gasteiger partial charge in [-0.05, 0) is 12.0 Å². The first-order chi connectivity index (χ1) is 9.10. The minimum atomic E-state index is -0.0616. The first-order valence-corrected chi connectivity index (χ1v) is 7.44. The summed E-state index contributed by atoms with van der Waals surface area (Å²) >= 11 is 3.52. The van der Waals surface area contributed by atoms with Crippen LogP contribution in [0.15, 0.2) is 30.3 Å². The van der Waals surface area contributed by atoms with E-state index in [1.807, 2.05) is 44.3 Å². The molecule has 0 aliphatic heterocycles. The Labute approximate surface area is 124 Å². The number of methoxy groups -OCH3 is 1. The van der Waals surface area contributed by atoms with Crippen LogP contribution in [0.25, 0.3) is 0 Å². The van der Waals surface area contributed by atoms with Gasteiger partial charge in [0.2, 0.25) is 5.91 Å². The number of likely N-dealkylation sites (N-methyl/N-ethyl adjacent to an activating group) is 1. The zero-order valence-corrected chi connectivity index (χ0v) is 13.4. The lowest BCUT2D eigenvalue weighted by atomic mass is 9.95. The average molecular weight is 328 g/mol. The number of ether oxygens (including phenoxy) is 1. The fraction of sp³-hybridized carbons (Fsp3) is 0.533. The molecule has 0 saturated heterocycles. The van der Waals surface area contributed by atoms with Crippen LogP contribution in [-0.4, -0.2) is 42.9 Å². The molecule has 0 saturated carbocycles. The van der Waals surface area contributed by atoms with Gasteiger partial charge in [0, 0.05) is 20.7 Å². The maximum absolute atomic E-state index is 12.5. The minimum absolute atomic E-state index is 0.0616. The number of benzene rings is 1. The minimum Gasteiger partial charge on any atom is -0.383 e. The molecule has 1 aromatic carbocycles. The Morgan fingerprint density at radius 3 is 2.53 bits per heavy atom. The number of halogens is 1. The molecule has 2 atom stereocenters. The molecule has 0 aliphatic carbocycles. The molecular formula is C15H22BrNO2. The molecular weight excluding hydrogens is 306 g/mol. The molecule has 0 spiro atoms. The average Bonchev–Trinajstić information content (AvgIpc) is 2.40. The zero-order chi connectivity index (χ0) is 14.3. The van der Waals surface area contributed by atoms with Gasteiger partial charge in [0.1, 0.15) is 0 Å². The predicted octanol–water partition coefficient (Wildman–Crippen LogP) is 3.05. The van der Waals surface area contributed by atoms with Gasteiger partial charge in [-0.15, -0.1) is 0 Å². The third-order valence-electron chi connectivity index (χ3n) is 3.10. The van der Waals surface area contributed by atoms with Gasteiger partial charge < -0.3 is 9.64 Å². The summed E-state index contributed by atoms with van der Waals surface area (Å²) in [5.41, 5.74) is 1.08. The van der Waals surface area contributed by atoms with Crippen LogP contribution in [0.4, 0.5) is 0 Å². The predicted molar refractivity (Wildman–Crippen MR) is 81.7 cm³/mol. The normalized spacial score (nSPS) is 13.9. The lowest BCUT2D eigenvalue weighted by Crippen LogP contribution is -2.36. The highest BCUT2D eigenvalue weighted by molar-refractivity contribution is 9.09. The first-order valence-electron chi connectivity index (χ1n) is 6.53. The van der Waals surface area contributed by atoms with Crippen molar-refractivity contribution in [3.05, 3.63) is 35.9 Å². The molecule has 0 aliphatic rings. The lowest BCUT2D eigenvalue weighted by Gasteiger charge is -2.25. The SMILES string of the molecule is CCC(C(=O)N(C)CC(Br)COC)c1ccccc1. The number of carbonyl (C=O) groups excluding carboxylic acids is 1. The summed E-state index contributed by atoms with van der Waals surface area (Å²) in [6, 6.07) is 9.95. The smallest absolute Gasteiger partial charge is 0.229 e. The largest absolute Gasteiger partial charge is 0.383 e. The van der Waals surface area contributed by atoms with Crippen molar-refractivity contribution in [1.29, 1.82) is 0 Å². The van der Waals surface area contributed by atoms with Crippen LogP contribution in [-0.2, 0) is 9.53 Å². The fourth-order valence-electron chi connectivity index (χ4n) is 2.12. The zero-order valence-electron chi connectivity index (χ0n) is 11.8. The van der Waals surface area contributed by atoms with E-state index >= 15 is 0 Å². The van der Waals surface area contributed by atoms with E-state index in [1.165, 1.54) is 0 Å². The van der Waals surface area contributed by atoms with E-state index in [4.69, 9.17) is 4.74 Å². The van der Waals surface area contributed by atoms with E-state index in [0.717, 1.165) is 12.0 Å². The third-order valence-corrected chi connectivity index (χ3v) is 3.66. The van der Waals surface area contributed by atoms with Crippen LogP contribution < -0.4 is 0 Å². The maximum atomic E-state index is 12.5. The van der Waals surface area contributed by atoms with Gasteiger partial charge in [0.25, 0.3) is 0 Å². The number of nitrogens with zero attached hydrogens (tertiary/aromatic N) is 1. The van der Waals surface area contributed by atoms with E-state index in [9.17, 15) is 4.79 Å². The van der Waals surface area contributed by atoms with E-state index in [2.05, 4.69) is 15.9 Å². The summed E-state index contributed by atoms with van der Waals surface area (Å²) in [5, 5.41) is 0. The number of hydrogen-bond donors (Lipinski definition) is 0. The van der Waals surface area contributed by atoms with E-state index in [1.54, 1.807) is 12.0 Å². The molecule has 1 amide bonds. The highest BCUT2D eigenvalue weighted by Crippen LogP contribution is 2.21. The topological polar surface area (TPSA) is 29.5 Å². The number of carbonyl (C=O) groups is 1. The second-order valence-electron chi connectivity index (χ2n) is 4.64. The van der Waals surface area contributed by atoms with Crippen molar-refractivity contribution in [1.82, 2.24) is 4.90 Å². The van der Waals surface area contributed by atoms with Gasteiger partial charge in [0.05, 0.1) is 17.4 Å². The molecule has 0 aromatic heterocycles. The molecule has 3 nitrogen and oxygen atoms in total. The highest BCUT2D eigenvalue weighted by atomic mass is 79.9. The fourth-order valence-corrected chi connectivity index (χ4v) is 2.82. The Bertz CT molecular complexity index is 383. The van der Waals surface area contributed by atoms with E-state index in [-0.39, 0.29) is 16.7 Å². The van der Waals surface area contributed by atoms with Gasteiger partial charge >= 0.3 is 0 Å². The molecule has 0 N–H and O–H groups in total. The molecule has 19 heavy (non-hydrogen) atoms. The van der Waals surface area contributed by atoms with Gasteiger partial charge in [0.15, 0.2) is 0 Å². The summed E-state index contributed by atoms with van der Waals surface area (Å²) in [6.07, 6.45) is 0.810. The van der Waals surface area contributed by atoms with Crippen molar-refractivity contribution < 1.29 is 9.53 Å². The summed E-state index contributed by atoms with van der Waals surface area (Å²) in [6.45, 7) is 3.29. The van der Waals surface area contributed by atoms with Crippen molar-refractivity contribution in [2.75, 3.05) is 27.3 Å². The summed E-state index contributed by atoms with van der Waals surface area (Å²) in [7, 11) is 3.51. The molecule has 0 heterocycles. The lowest BCUT2D eigenvalue weighted by molar-refractivity contribution is -0.131. The summed E-state index contributed by atoms with van der Waals surface area (Å²) < 4.78 is 5.07. The Kier molecular flexibility index (Phi) is 7.10. The van der Waals surface area contributed by atoms with Gasteiger partial charge in [-0.1, -0.05) is 53.2 Å². The van der Waals surface area contributed by atoms with Crippen LogP contribution in [0.5, 0.6) is 0 Å². The molecule has 106 valence electrons. The number of hydrogen-bond acceptors (Lipinski definition) is 2. The van der Waals surface area contributed by atoms with Gasteiger partial charge in [-0.3, -0.25) is 4.79 Å². The van der Waals surface area contributed by atoms with Gasteiger partial charge in [-0.25, -0.2) is 0 Å². The first kappa shape index (κ1) is 16.2. The van der Waals surface area contributed by atoms with Crippen LogP contribution in [0.1, 0.15) is 24.8 Å². The standard InChI is InChI=1S/C15H22BrNO2/c1-4-14(12-8-6-5-7-9-12)15(18)17(2)10-13(16)11-19-3/h5-9,13-14H,4,10-11H2,1-3H3. The van der Waals surface area contributed by atoms with Gasteiger partial charge in [-0.2, -0.15) is 0 Å². The Balaban J connectivity index is 2.68. The molecule has 1 rings (SSSR count). The third kappa shape index (κ3) is 4.96. The number of rotatable bonds is 7. The summed E-state index contributed by atoms with van der Waals surface area (Å²) in [5.74, 6) is 0.0997. The Morgan fingerprint density at radius 1 is 1.37 bits per heavy atom. The van der Waals surface area contributed by atoms with Crippen molar-refractivity contribution in [2.24, 2.45) is 0 Å². The monoisotopic (exact) mass is 327 g/mol. The molecule has 1 aromatic rings.